The molecule has 2 aromatic heterocycles. The van der Waals surface area contributed by atoms with Gasteiger partial charge in [0.1, 0.15) is 0 Å². The molecule has 2 heteroatoms. The van der Waals surface area contributed by atoms with Crippen LogP contribution in [-0.2, 0) is 0 Å². The van der Waals surface area contributed by atoms with Crippen LogP contribution in [0.3, 0.4) is 0 Å². The summed E-state index contributed by atoms with van der Waals surface area (Å²) in [6.45, 7) is 2.19. The van der Waals surface area contributed by atoms with Crippen LogP contribution in [0.1, 0.15) is 18.4 Å². The second-order valence-corrected chi connectivity index (χ2v) is 8.98. The lowest BCUT2D eigenvalue weighted by molar-refractivity contribution is 1.03. The smallest absolute Gasteiger partial charge is 0.0542 e. The molecule has 0 fully saturated rings. The van der Waals surface area contributed by atoms with Crippen molar-refractivity contribution in [2.45, 2.75) is 19.8 Å². The van der Waals surface area contributed by atoms with Crippen LogP contribution in [0, 0.1) is 6.92 Å². The zero-order valence-corrected chi connectivity index (χ0v) is 18.6. The largest absolute Gasteiger partial charge is 0.310 e. The highest BCUT2D eigenvalue weighted by atomic mass is 15.0. The van der Waals surface area contributed by atoms with Crippen molar-refractivity contribution in [3.63, 3.8) is 0 Å². The van der Waals surface area contributed by atoms with Crippen LogP contribution < -0.4 is 10.6 Å². The standard InChI is InChI=1S/C31H24N2/c1-21-10-2-6-14-27(21)33-30-17-9-5-13-25(30)26-20-22(18-19-31(26)33)32-28-15-7-3-11-23(28)24-12-4-8-16-29(24)32/h2-3,5-7,9-20H,4,8H2,1H3. The van der Waals surface area contributed by atoms with E-state index in [9.17, 15) is 0 Å². The van der Waals surface area contributed by atoms with Crippen LogP contribution in [0.15, 0.2) is 91.0 Å². The maximum absolute atomic E-state index is 2.44. The number of para-hydroxylation sites is 3. The van der Waals surface area contributed by atoms with Crippen molar-refractivity contribution >= 4 is 44.9 Å². The first-order chi connectivity index (χ1) is 16.3. The highest BCUT2D eigenvalue weighted by Gasteiger charge is 2.16. The van der Waals surface area contributed by atoms with Gasteiger partial charge in [0.15, 0.2) is 0 Å². The van der Waals surface area contributed by atoms with Gasteiger partial charge in [-0.2, -0.15) is 0 Å². The van der Waals surface area contributed by atoms with E-state index < -0.39 is 0 Å². The van der Waals surface area contributed by atoms with Gasteiger partial charge < -0.3 is 9.13 Å². The molecule has 0 radical (unpaired) electrons. The number of hydrogen-bond acceptors (Lipinski definition) is 0. The second-order valence-electron chi connectivity index (χ2n) is 8.98. The number of benzene rings is 4. The van der Waals surface area contributed by atoms with Crippen LogP contribution in [0.5, 0.6) is 0 Å². The number of hydrogen-bond donors (Lipinski definition) is 0. The van der Waals surface area contributed by atoms with Gasteiger partial charge in [-0.15, -0.1) is 0 Å². The molecule has 0 saturated carbocycles. The van der Waals surface area contributed by atoms with Crippen molar-refractivity contribution < 1.29 is 0 Å². The molecule has 0 amide bonds. The maximum Gasteiger partial charge on any atom is 0.0542 e. The summed E-state index contributed by atoms with van der Waals surface area (Å²) >= 11 is 0. The van der Waals surface area contributed by atoms with Crippen LogP contribution in [0.25, 0.3) is 56.2 Å². The van der Waals surface area contributed by atoms with Gasteiger partial charge in [0.2, 0.25) is 0 Å². The Bertz CT molecular complexity index is 1830. The van der Waals surface area contributed by atoms with Crippen LogP contribution in [-0.4, -0.2) is 9.13 Å². The Hall–Kier alpha value is -4.04. The highest BCUT2D eigenvalue weighted by Crippen LogP contribution is 2.34. The minimum atomic E-state index is 1.10. The monoisotopic (exact) mass is 424 g/mol. The van der Waals surface area contributed by atoms with Gasteiger partial charge in [-0.3, -0.25) is 0 Å². The van der Waals surface area contributed by atoms with E-state index in [0.717, 1.165) is 12.8 Å². The van der Waals surface area contributed by atoms with Crippen molar-refractivity contribution in [1.82, 2.24) is 9.13 Å². The first-order valence-corrected chi connectivity index (χ1v) is 11.7. The summed E-state index contributed by atoms with van der Waals surface area (Å²) in [5, 5.41) is 6.62. The zero-order valence-electron chi connectivity index (χ0n) is 18.6. The summed E-state index contributed by atoms with van der Waals surface area (Å²) in [5.74, 6) is 0. The Balaban J connectivity index is 1.59. The molecule has 0 aliphatic heterocycles. The molecule has 0 saturated heterocycles. The van der Waals surface area contributed by atoms with E-state index in [1.165, 1.54) is 60.2 Å². The zero-order chi connectivity index (χ0) is 21.9. The topological polar surface area (TPSA) is 9.86 Å². The molecule has 0 bridgehead atoms. The van der Waals surface area contributed by atoms with Crippen LogP contribution in [0.4, 0.5) is 0 Å². The molecule has 6 aromatic rings. The van der Waals surface area contributed by atoms with Crippen LogP contribution >= 0.6 is 0 Å². The molecule has 0 spiro atoms. The molecule has 33 heavy (non-hydrogen) atoms. The predicted molar refractivity (Wildman–Crippen MR) is 140 cm³/mol. The third-order valence-electron chi connectivity index (χ3n) is 7.08. The summed E-state index contributed by atoms with van der Waals surface area (Å²) in [6, 6.07) is 33.2. The summed E-state index contributed by atoms with van der Waals surface area (Å²) in [6.07, 6.45) is 7.01. The second kappa shape index (κ2) is 6.98. The van der Waals surface area contributed by atoms with Crippen LogP contribution in [0.2, 0.25) is 0 Å². The van der Waals surface area contributed by atoms with Crippen molar-refractivity contribution in [2.75, 3.05) is 0 Å². The normalized spacial score (nSPS) is 13.2. The van der Waals surface area contributed by atoms with Gasteiger partial charge in [0.25, 0.3) is 0 Å². The Kier molecular flexibility index (Phi) is 3.92. The average molecular weight is 425 g/mol. The summed E-state index contributed by atoms with van der Waals surface area (Å²) in [5.41, 5.74) is 7.51. The van der Waals surface area contributed by atoms with E-state index in [2.05, 4.69) is 119 Å². The summed E-state index contributed by atoms with van der Waals surface area (Å²) < 4.78 is 4.85. The quantitative estimate of drug-likeness (QED) is 0.305. The molecule has 158 valence electrons. The SMILES string of the molecule is Cc1ccccc1-n1c2ccccc2c2cc(-n3c4c(c5ccccc53)=CCCC=4)ccc21. The molecule has 2 nitrogen and oxygen atoms in total. The molecule has 0 unspecified atom stereocenters. The molecule has 0 N–H and O–H groups in total. The minimum absolute atomic E-state index is 1.10. The molecular formula is C31H24N2. The van der Waals surface area contributed by atoms with Gasteiger partial charge in [-0.25, -0.2) is 0 Å². The van der Waals surface area contributed by atoms with Gasteiger partial charge in [0, 0.05) is 38.1 Å². The number of fused-ring (bicyclic) bond motifs is 6. The Morgan fingerprint density at radius 2 is 1.24 bits per heavy atom. The lowest BCUT2D eigenvalue weighted by Crippen LogP contribution is -2.30. The van der Waals surface area contributed by atoms with E-state index in [1.54, 1.807) is 0 Å². The van der Waals surface area contributed by atoms with Gasteiger partial charge in [0.05, 0.1) is 16.6 Å². The van der Waals surface area contributed by atoms with E-state index in [0.29, 0.717) is 0 Å². The first kappa shape index (κ1) is 18.5. The molecule has 7 rings (SSSR count). The van der Waals surface area contributed by atoms with E-state index in [1.807, 2.05) is 0 Å². The highest BCUT2D eigenvalue weighted by molar-refractivity contribution is 6.10. The third kappa shape index (κ3) is 2.61. The third-order valence-corrected chi connectivity index (χ3v) is 7.08. The lowest BCUT2D eigenvalue weighted by Gasteiger charge is -2.12. The number of rotatable bonds is 2. The van der Waals surface area contributed by atoms with Crippen molar-refractivity contribution in [1.29, 1.82) is 0 Å². The Labute approximate surface area is 192 Å². The maximum atomic E-state index is 2.44. The molecular weight excluding hydrogens is 400 g/mol. The Morgan fingerprint density at radius 1 is 0.576 bits per heavy atom. The first-order valence-electron chi connectivity index (χ1n) is 11.7. The Morgan fingerprint density at radius 3 is 2.09 bits per heavy atom. The number of nitrogens with zero attached hydrogens (tertiary/aromatic N) is 2. The van der Waals surface area contributed by atoms with E-state index >= 15 is 0 Å². The summed E-state index contributed by atoms with van der Waals surface area (Å²) in [7, 11) is 0. The van der Waals surface area contributed by atoms with Crippen molar-refractivity contribution in [2.24, 2.45) is 0 Å². The van der Waals surface area contributed by atoms with Gasteiger partial charge in [-0.1, -0.05) is 66.7 Å². The van der Waals surface area contributed by atoms with E-state index in [-0.39, 0.29) is 0 Å². The molecule has 2 heterocycles. The van der Waals surface area contributed by atoms with Crippen molar-refractivity contribution in [3.05, 3.63) is 107 Å². The fourth-order valence-corrected chi connectivity index (χ4v) is 5.60. The predicted octanol–water partition coefficient (Wildman–Crippen LogP) is 6.39. The fourth-order valence-electron chi connectivity index (χ4n) is 5.60. The number of aryl methyl sites for hydroxylation is 1. The van der Waals surface area contributed by atoms with Gasteiger partial charge >= 0.3 is 0 Å². The van der Waals surface area contributed by atoms with Crippen molar-refractivity contribution in [3.8, 4) is 11.4 Å². The van der Waals surface area contributed by atoms with E-state index in [4.69, 9.17) is 0 Å². The summed E-state index contributed by atoms with van der Waals surface area (Å²) in [4.78, 5) is 0. The lowest BCUT2D eigenvalue weighted by atomic mass is 10.1. The molecule has 1 aliphatic carbocycles. The fraction of sp³-hybridized carbons (Fsp3) is 0.0968. The number of aromatic nitrogens is 2. The molecule has 4 aromatic carbocycles. The average Bonchev–Trinajstić information content (AvgIpc) is 3.37. The minimum Gasteiger partial charge on any atom is -0.310 e. The van der Waals surface area contributed by atoms with Gasteiger partial charge in [-0.05, 0) is 61.7 Å². The molecule has 0 atom stereocenters. The molecule has 1 aliphatic rings.